The van der Waals surface area contributed by atoms with Crippen molar-refractivity contribution in [2.75, 3.05) is 18.0 Å². The predicted molar refractivity (Wildman–Crippen MR) is 102 cm³/mol. The molecule has 0 atom stereocenters. The third-order valence-electron chi connectivity index (χ3n) is 4.31. The van der Waals surface area contributed by atoms with Crippen molar-refractivity contribution in [3.05, 3.63) is 76.1 Å². The van der Waals surface area contributed by atoms with Crippen molar-refractivity contribution < 1.29 is 13.9 Å². The van der Waals surface area contributed by atoms with Crippen LogP contribution in [0, 0.1) is 0 Å². The van der Waals surface area contributed by atoms with Crippen LogP contribution in [0.1, 0.15) is 29.8 Å². The van der Waals surface area contributed by atoms with Crippen LogP contribution in [0.2, 0.25) is 0 Å². The van der Waals surface area contributed by atoms with Crippen LogP contribution in [0.25, 0.3) is 11.0 Å². The Bertz CT molecular complexity index is 959. The Morgan fingerprint density at radius 2 is 1.77 bits per heavy atom. The van der Waals surface area contributed by atoms with Gasteiger partial charge >= 0.3 is 11.6 Å². The zero-order valence-electron chi connectivity index (χ0n) is 14.9. The van der Waals surface area contributed by atoms with Crippen molar-refractivity contribution in [1.29, 1.82) is 0 Å². The van der Waals surface area contributed by atoms with Gasteiger partial charge in [-0.15, -0.1) is 0 Å². The average Bonchev–Trinajstić information content (AvgIpc) is 2.67. The average molecular weight is 351 g/mol. The van der Waals surface area contributed by atoms with Crippen LogP contribution >= 0.6 is 0 Å². The molecule has 26 heavy (non-hydrogen) atoms. The maximum Gasteiger partial charge on any atom is 0.338 e. The first-order valence-corrected chi connectivity index (χ1v) is 8.66. The first-order valence-electron chi connectivity index (χ1n) is 8.66. The highest BCUT2D eigenvalue weighted by atomic mass is 16.5. The van der Waals surface area contributed by atoms with Crippen molar-refractivity contribution >= 4 is 22.6 Å². The quantitative estimate of drug-likeness (QED) is 0.496. The minimum absolute atomic E-state index is 0.0143. The maximum absolute atomic E-state index is 12.1. The molecule has 0 unspecified atom stereocenters. The lowest BCUT2D eigenvalue weighted by atomic mass is 10.1. The van der Waals surface area contributed by atoms with E-state index in [4.69, 9.17) is 9.15 Å². The summed E-state index contributed by atoms with van der Waals surface area (Å²) in [4.78, 5) is 26.2. The van der Waals surface area contributed by atoms with Gasteiger partial charge in [-0.2, -0.15) is 0 Å². The van der Waals surface area contributed by atoms with Crippen LogP contribution in [0.4, 0.5) is 5.69 Å². The molecule has 2 aromatic carbocycles. The Kier molecular flexibility index (Phi) is 5.37. The van der Waals surface area contributed by atoms with Crippen LogP contribution < -0.4 is 10.5 Å². The number of nitrogens with zero attached hydrogens (tertiary/aromatic N) is 1. The fourth-order valence-corrected chi connectivity index (χ4v) is 2.92. The lowest BCUT2D eigenvalue weighted by Crippen LogP contribution is -2.21. The van der Waals surface area contributed by atoms with Crippen molar-refractivity contribution in [1.82, 2.24) is 0 Å². The molecule has 0 aliphatic rings. The summed E-state index contributed by atoms with van der Waals surface area (Å²) in [5.41, 5.74) is 2.13. The topological polar surface area (TPSA) is 59.8 Å². The molecule has 0 N–H and O–H groups in total. The summed E-state index contributed by atoms with van der Waals surface area (Å²) in [7, 11) is 0. The van der Waals surface area contributed by atoms with Crippen LogP contribution in [-0.4, -0.2) is 19.1 Å². The van der Waals surface area contributed by atoms with Crippen molar-refractivity contribution in [2.24, 2.45) is 0 Å². The molecule has 5 nitrogen and oxygen atoms in total. The zero-order valence-corrected chi connectivity index (χ0v) is 14.9. The number of hydrogen-bond acceptors (Lipinski definition) is 5. The Labute approximate surface area is 151 Å². The molecule has 0 bridgehead atoms. The summed E-state index contributed by atoms with van der Waals surface area (Å²) < 4.78 is 10.7. The van der Waals surface area contributed by atoms with Gasteiger partial charge in [0.15, 0.2) is 0 Å². The van der Waals surface area contributed by atoms with E-state index in [1.165, 1.54) is 6.07 Å². The van der Waals surface area contributed by atoms with E-state index in [9.17, 15) is 9.59 Å². The SMILES string of the molecule is CCN(CC)c1ccc2c(COC(=O)c3ccccc3)cc(=O)oc2c1. The number of carbonyl (C=O) groups excluding carboxylic acids is 1. The maximum atomic E-state index is 12.1. The molecule has 0 fully saturated rings. The molecule has 0 aliphatic heterocycles. The van der Waals surface area contributed by atoms with Crippen LogP contribution in [-0.2, 0) is 11.3 Å². The van der Waals surface area contributed by atoms with Crippen molar-refractivity contribution in [2.45, 2.75) is 20.5 Å². The van der Waals surface area contributed by atoms with E-state index < -0.39 is 11.6 Å². The Balaban J connectivity index is 1.88. The van der Waals surface area contributed by atoms with E-state index in [1.807, 2.05) is 24.3 Å². The van der Waals surface area contributed by atoms with E-state index in [0.717, 1.165) is 24.2 Å². The monoisotopic (exact) mass is 351 g/mol. The lowest BCUT2D eigenvalue weighted by molar-refractivity contribution is 0.0474. The number of esters is 1. The van der Waals surface area contributed by atoms with Gasteiger partial charge < -0.3 is 14.1 Å². The second-order valence-corrected chi connectivity index (χ2v) is 5.89. The number of ether oxygens (including phenoxy) is 1. The molecule has 3 rings (SSSR count). The van der Waals surface area contributed by atoms with E-state index in [-0.39, 0.29) is 6.61 Å². The molecule has 0 saturated carbocycles. The van der Waals surface area contributed by atoms with Gasteiger partial charge in [-0.3, -0.25) is 0 Å². The second kappa shape index (κ2) is 7.87. The number of benzene rings is 2. The number of rotatable bonds is 6. The molecular formula is C21H21NO4. The summed E-state index contributed by atoms with van der Waals surface area (Å²) in [6, 6.07) is 15.9. The smallest absolute Gasteiger partial charge is 0.338 e. The lowest BCUT2D eigenvalue weighted by Gasteiger charge is -2.21. The van der Waals surface area contributed by atoms with Crippen molar-refractivity contribution in [3.63, 3.8) is 0 Å². The highest BCUT2D eigenvalue weighted by Crippen LogP contribution is 2.24. The summed E-state index contributed by atoms with van der Waals surface area (Å²) >= 11 is 0. The zero-order chi connectivity index (χ0) is 18.5. The third-order valence-corrected chi connectivity index (χ3v) is 4.31. The van der Waals surface area contributed by atoms with Crippen LogP contribution in [0.15, 0.2) is 63.8 Å². The molecular weight excluding hydrogens is 330 g/mol. The van der Waals surface area contributed by atoms with E-state index in [1.54, 1.807) is 24.3 Å². The third kappa shape index (κ3) is 3.77. The van der Waals surface area contributed by atoms with Gasteiger partial charge in [0.25, 0.3) is 0 Å². The molecule has 0 saturated heterocycles. The summed E-state index contributed by atoms with van der Waals surface area (Å²) in [5.74, 6) is -0.424. The van der Waals surface area contributed by atoms with Crippen LogP contribution in [0.5, 0.6) is 0 Å². The minimum atomic E-state index is -0.458. The predicted octanol–water partition coefficient (Wildman–Crippen LogP) is 4.00. The fraction of sp³-hybridized carbons (Fsp3) is 0.238. The molecule has 0 amide bonds. The molecule has 3 aromatic rings. The van der Waals surface area contributed by atoms with Gasteiger partial charge in [0.05, 0.1) is 5.56 Å². The Morgan fingerprint density at radius 3 is 2.46 bits per heavy atom. The molecule has 0 radical (unpaired) electrons. The molecule has 134 valence electrons. The number of fused-ring (bicyclic) bond motifs is 1. The normalized spacial score (nSPS) is 10.7. The van der Waals surface area contributed by atoms with Gasteiger partial charge in [0.2, 0.25) is 0 Å². The standard InChI is InChI=1S/C21H21NO4/c1-3-22(4-2)17-10-11-18-16(12-20(23)26-19(18)13-17)14-25-21(24)15-8-6-5-7-9-15/h5-13H,3-4,14H2,1-2H3. The summed E-state index contributed by atoms with van der Waals surface area (Å²) in [5, 5.41) is 0.765. The number of anilines is 1. The van der Waals surface area contributed by atoms with E-state index in [0.29, 0.717) is 16.7 Å². The van der Waals surface area contributed by atoms with Crippen molar-refractivity contribution in [3.8, 4) is 0 Å². The first kappa shape index (κ1) is 17.7. The second-order valence-electron chi connectivity index (χ2n) is 5.89. The molecule has 1 heterocycles. The Morgan fingerprint density at radius 1 is 1.04 bits per heavy atom. The van der Waals surface area contributed by atoms with E-state index >= 15 is 0 Å². The summed E-state index contributed by atoms with van der Waals surface area (Å²) in [6.45, 7) is 5.88. The summed E-state index contributed by atoms with van der Waals surface area (Å²) in [6.07, 6.45) is 0. The van der Waals surface area contributed by atoms with Gasteiger partial charge in [0.1, 0.15) is 12.2 Å². The van der Waals surface area contributed by atoms with Gasteiger partial charge in [-0.1, -0.05) is 18.2 Å². The number of hydrogen-bond donors (Lipinski definition) is 0. The molecule has 5 heteroatoms. The number of carbonyl (C=O) groups is 1. The molecule has 0 spiro atoms. The van der Waals surface area contributed by atoms with Gasteiger partial charge in [-0.25, -0.2) is 9.59 Å². The fourth-order valence-electron chi connectivity index (χ4n) is 2.92. The van der Waals surface area contributed by atoms with Gasteiger partial charge in [-0.05, 0) is 38.1 Å². The molecule has 0 aliphatic carbocycles. The largest absolute Gasteiger partial charge is 0.457 e. The minimum Gasteiger partial charge on any atom is -0.457 e. The van der Waals surface area contributed by atoms with Crippen LogP contribution in [0.3, 0.4) is 0 Å². The van der Waals surface area contributed by atoms with Gasteiger partial charge in [0, 0.05) is 41.9 Å². The Hall–Kier alpha value is -3.08. The van der Waals surface area contributed by atoms with E-state index in [2.05, 4.69) is 18.7 Å². The highest BCUT2D eigenvalue weighted by Gasteiger charge is 2.12. The molecule has 1 aromatic heterocycles. The first-order chi connectivity index (χ1) is 12.6. The highest BCUT2D eigenvalue weighted by molar-refractivity contribution is 5.89.